The van der Waals surface area contributed by atoms with Crippen molar-refractivity contribution >= 4 is 0 Å². The molecule has 0 saturated carbocycles. The van der Waals surface area contributed by atoms with E-state index in [0.29, 0.717) is 12.3 Å². The van der Waals surface area contributed by atoms with E-state index in [1.165, 1.54) is 5.56 Å². The van der Waals surface area contributed by atoms with Crippen molar-refractivity contribution in [3.05, 3.63) is 59.6 Å². The van der Waals surface area contributed by atoms with Gasteiger partial charge in [-0.3, -0.25) is 4.57 Å². The first-order chi connectivity index (χ1) is 11.7. The van der Waals surface area contributed by atoms with Gasteiger partial charge in [-0.15, -0.1) is 5.10 Å². The summed E-state index contributed by atoms with van der Waals surface area (Å²) in [5, 5.41) is 8.61. The Morgan fingerprint density at radius 1 is 1.08 bits per heavy atom. The lowest BCUT2D eigenvalue weighted by Crippen LogP contribution is -2.03. The lowest BCUT2D eigenvalue weighted by molar-refractivity contribution is 0.571. The highest BCUT2D eigenvalue weighted by molar-refractivity contribution is 5.62. The molecule has 118 valence electrons. The predicted octanol–water partition coefficient (Wildman–Crippen LogP) is 2.63. The maximum atomic E-state index is 5.47. The Balaban J connectivity index is 1.85. The van der Waals surface area contributed by atoms with Crippen LogP contribution in [0, 0.1) is 13.8 Å². The molecule has 0 aliphatic carbocycles. The summed E-state index contributed by atoms with van der Waals surface area (Å²) in [7, 11) is 0. The first-order valence-corrected chi connectivity index (χ1v) is 7.71. The van der Waals surface area contributed by atoms with Crippen LogP contribution in [0.1, 0.15) is 22.6 Å². The SMILES string of the molecule is Cc1ccc2c(c1)-n1nnc(C)c1Cc1c(-c3ncco3)ncn1-2. The lowest BCUT2D eigenvalue weighted by atomic mass is 10.1. The molecule has 1 aliphatic rings. The largest absolute Gasteiger partial charge is 0.443 e. The van der Waals surface area contributed by atoms with Crippen LogP contribution in [0.25, 0.3) is 23.0 Å². The Hall–Kier alpha value is -3.22. The molecule has 0 radical (unpaired) electrons. The van der Waals surface area contributed by atoms with Gasteiger partial charge in [-0.25, -0.2) is 14.6 Å². The summed E-state index contributed by atoms with van der Waals surface area (Å²) in [5.74, 6) is 0.524. The van der Waals surface area contributed by atoms with E-state index in [-0.39, 0.29) is 0 Å². The molecular formula is C17H14N6O. The second-order valence-electron chi connectivity index (χ2n) is 5.95. The van der Waals surface area contributed by atoms with Crippen molar-refractivity contribution in [2.75, 3.05) is 0 Å². The maximum Gasteiger partial charge on any atom is 0.246 e. The number of hydrogen-bond acceptors (Lipinski definition) is 5. The van der Waals surface area contributed by atoms with Gasteiger partial charge in [0.15, 0.2) is 0 Å². The molecule has 0 N–H and O–H groups in total. The average molecular weight is 318 g/mol. The van der Waals surface area contributed by atoms with Gasteiger partial charge >= 0.3 is 0 Å². The Kier molecular flexibility index (Phi) is 2.56. The Bertz CT molecular complexity index is 1060. The number of hydrogen-bond donors (Lipinski definition) is 0. The minimum absolute atomic E-state index is 0.524. The maximum absolute atomic E-state index is 5.47. The third kappa shape index (κ3) is 1.72. The van der Waals surface area contributed by atoms with Crippen LogP contribution >= 0.6 is 0 Å². The molecule has 1 aromatic carbocycles. The molecule has 0 atom stereocenters. The number of aryl methyl sites for hydroxylation is 2. The zero-order chi connectivity index (χ0) is 16.3. The normalized spacial score (nSPS) is 12.4. The van der Waals surface area contributed by atoms with E-state index in [1.807, 2.05) is 17.9 Å². The fourth-order valence-electron chi connectivity index (χ4n) is 3.21. The Morgan fingerprint density at radius 3 is 2.83 bits per heavy atom. The second-order valence-corrected chi connectivity index (χ2v) is 5.95. The molecule has 4 heterocycles. The summed E-state index contributed by atoms with van der Waals surface area (Å²) >= 11 is 0. The lowest BCUT2D eigenvalue weighted by Gasteiger charge is -2.10. The van der Waals surface area contributed by atoms with E-state index in [2.05, 4.69) is 50.0 Å². The minimum atomic E-state index is 0.524. The van der Waals surface area contributed by atoms with Crippen molar-refractivity contribution in [2.24, 2.45) is 0 Å². The van der Waals surface area contributed by atoms with Crippen molar-refractivity contribution < 1.29 is 4.42 Å². The molecule has 7 heteroatoms. The topological polar surface area (TPSA) is 74.6 Å². The third-order valence-electron chi connectivity index (χ3n) is 4.41. The summed E-state index contributed by atoms with van der Waals surface area (Å²) in [4.78, 5) is 8.80. The fraction of sp³-hybridized carbons (Fsp3) is 0.176. The highest BCUT2D eigenvalue weighted by atomic mass is 16.3. The van der Waals surface area contributed by atoms with E-state index < -0.39 is 0 Å². The van der Waals surface area contributed by atoms with E-state index in [0.717, 1.165) is 34.2 Å². The molecule has 4 aromatic rings. The second kappa shape index (κ2) is 4.64. The fourth-order valence-corrected chi connectivity index (χ4v) is 3.21. The van der Waals surface area contributed by atoms with Crippen molar-refractivity contribution in [3.8, 4) is 23.0 Å². The van der Waals surface area contributed by atoms with E-state index in [4.69, 9.17) is 4.42 Å². The molecule has 5 rings (SSSR count). The van der Waals surface area contributed by atoms with Crippen molar-refractivity contribution in [1.82, 2.24) is 29.5 Å². The smallest absolute Gasteiger partial charge is 0.246 e. The minimum Gasteiger partial charge on any atom is -0.443 e. The monoisotopic (exact) mass is 318 g/mol. The van der Waals surface area contributed by atoms with Gasteiger partial charge in [0.2, 0.25) is 5.89 Å². The summed E-state index contributed by atoms with van der Waals surface area (Å²) in [5.41, 5.74) is 6.92. The highest BCUT2D eigenvalue weighted by Crippen LogP contribution is 2.33. The molecule has 7 nitrogen and oxygen atoms in total. The number of nitrogens with zero attached hydrogens (tertiary/aromatic N) is 6. The summed E-state index contributed by atoms with van der Waals surface area (Å²) in [6.45, 7) is 4.05. The van der Waals surface area contributed by atoms with Gasteiger partial charge in [-0.1, -0.05) is 11.3 Å². The molecule has 0 fully saturated rings. The third-order valence-corrected chi connectivity index (χ3v) is 4.41. The molecule has 24 heavy (non-hydrogen) atoms. The first-order valence-electron chi connectivity index (χ1n) is 7.71. The van der Waals surface area contributed by atoms with Gasteiger partial charge in [-0.2, -0.15) is 0 Å². The van der Waals surface area contributed by atoms with Gasteiger partial charge in [0, 0.05) is 6.42 Å². The number of oxazole rings is 1. The first kappa shape index (κ1) is 13.2. The molecule has 1 aliphatic heterocycles. The number of fused-ring (bicyclic) bond motifs is 5. The summed E-state index contributed by atoms with van der Waals surface area (Å²) in [6.07, 6.45) is 5.67. The van der Waals surface area contributed by atoms with Crippen molar-refractivity contribution in [1.29, 1.82) is 0 Å². The van der Waals surface area contributed by atoms with Crippen LogP contribution in [0.3, 0.4) is 0 Å². The number of benzene rings is 1. The van der Waals surface area contributed by atoms with Gasteiger partial charge in [0.1, 0.15) is 18.3 Å². The number of imidazole rings is 1. The Morgan fingerprint density at radius 2 is 2.00 bits per heavy atom. The van der Waals surface area contributed by atoms with Crippen LogP contribution in [0.4, 0.5) is 0 Å². The summed E-state index contributed by atoms with van der Waals surface area (Å²) in [6, 6.07) is 6.29. The van der Waals surface area contributed by atoms with Crippen LogP contribution in [0.2, 0.25) is 0 Å². The molecule has 0 bridgehead atoms. The van der Waals surface area contributed by atoms with Gasteiger partial charge in [-0.05, 0) is 31.5 Å². The van der Waals surface area contributed by atoms with Crippen LogP contribution in [-0.2, 0) is 6.42 Å². The molecule has 0 unspecified atom stereocenters. The number of aromatic nitrogens is 6. The molecular weight excluding hydrogens is 304 g/mol. The van der Waals surface area contributed by atoms with Crippen LogP contribution in [-0.4, -0.2) is 29.5 Å². The van der Waals surface area contributed by atoms with Crippen LogP contribution in [0.15, 0.2) is 41.4 Å². The van der Waals surface area contributed by atoms with Crippen molar-refractivity contribution in [3.63, 3.8) is 0 Å². The summed E-state index contributed by atoms with van der Waals surface area (Å²) < 4.78 is 9.47. The zero-order valence-corrected chi connectivity index (χ0v) is 13.3. The van der Waals surface area contributed by atoms with Crippen LogP contribution < -0.4 is 0 Å². The Labute approximate surface area is 137 Å². The molecule has 3 aromatic heterocycles. The van der Waals surface area contributed by atoms with E-state index in [1.54, 1.807) is 12.5 Å². The molecule has 0 saturated heterocycles. The van der Waals surface area contributed by atoms with E-state index in [9.17, 15) is 0 Å². The van der Waals surface area contributed by atoms with Gasteiger partial charge < -0.3 is 4.42 Å². The number of rotatable bonds is 1. The van der Waals surface area contributed by atoms with Gasteiger partial charge in [0.25, 0.3) is 0 Å². The van der Waals surface area contributed by atoms with E-state index >= 15 is 0 Å². The molecule has 0 spiro atoms. The van der Waals surface area contributed by atoms with Crippen LogP contribution in [0.5, 0.6) is 0 Å². The molecule has 0 amide bonds. The zero-order valence-electron chi connectivity index (χ0n) is 13.3. The standard InChI is InChI=1S/C17H14N6O/c1-10-3-4-12-14(7-10)23-13(11(2)20-21-23)8-15-16(19-9-22(12)15)17-18-5-6-24-17/h3-7,9H,8H2,1-2H3. The average Bonchev–Trinajstić information content (AvgIpc) is 3.28. The van der Waals surface area contributed by atoms with Gasteiger partial charge in [0.05, 0.1) is 34.7 Å². The van der Waals surface area contributed by atoms with Crippen molar-refractivity contribution in [2.45, 2.75) is 20.3 Å². The quantitative estimate of drug-likeness (QED) is 0.475. The predicted molar refractivity (Wildman–Crippen MR) is 86.3 cm³/mol. The highest BCUT2D eigenvalue weighted by Gasteiger charge is 2.26.